The zero-order valence-electron chi connectivity index (χ0n) is 8.96. The summed E-state index contributed by atoms with van der Waals surface area (Å²) >= 11 is 12.0. The third-order valence-electron chi connectivity index (χ3n) is 2.52. The van der Waals surface area contributed by atoms with Gasteiger partial charge < -0.3 is 5.73 Å². The number of halogens is 2. The fourth-order valence-electron chi connectivity index (χ4n) is 1.58. The second-order valence-electron chi connectivity index (χ2n) is 3.61. The molecule has 0 aliphatic heterocycles. The van der Waals surface area contributed by atoms with Crippen LogP contribution in [0.15, 0.2) is 18.2 Å². The molecule has 2 N–H and O–H groups in total. The lowest BCUT2D eigenvalue weighted by Crippen LogP contribution is -1.97. The van der Waals surface area contributed by atoms with E-state index in [2.05, 4.69) is 5.10 Å². The molecule has 0 amide bonds. The van der Waals surface area contributed by atoms with Crippen LogP contribution in [-0.2, 0) is 7.05 Å². The molecule has 1 aromatic carbocycles. The predicted molar refractivity (Wildman–Crippen MR) is 67.8 cm³/mol. The van der Waals surface area contributed by atoms with Crippen LogP contribution < -0.4 is 5.73 Å². The highest BCUT2D eigenvalue weighted by Crippen LogP contribution is 2.32. The van der Waals surface area contributed by atoms with Crippen molar-refractivity contribution in [3.63, 3.8) is 0 Å². The van der Waals surface area contributed by atoms with Crippen molar-refractivity contribution in [1.29, 1.82) is 0 Å². The van der Waals surface area contributed by atoms with Gasteiger partial charge in [0.05, 0.1) is 10.7 Å². The van der Waals surface area contributed by atoms with Gasteiger partial charge in [0.2, 0.25) is 0 Å². The van der Waals surface area contributed by atoms with Crippen LogP contribution in [0.4, 0.5) is 5.82 Å². The van der Waals surface area contributed by atoms with E-state index >= 15 is 0 Å². The van der Waals surface area contributed by atoms with Crippen LogP contribution in [0, 0.1) is 6.92 Å². The van der Waals surface area contributed by atoms with E-state index in [1.807, 2.05) is 13.0 Å². The second-order valence-corrected chi connectivity index (χ2v) is 4.45. The van der Waals surface area contributed by atoms with Crippen LogP contribution in [0.25, 0.3) is 11.3 Å². The van der Waals surface area contributed by atoms with E-state index in [9.17, 15) is 0 Å². The Hall–Kier alpha value is -1.19. The molecule has 0 unspecified atom stereocenters. The minimum atomic E-state index is 0.578. The molecule has 1 heterocycles. The summed E-state index contributed by atoms with van der Waals surface area (Å²) in [4.78, 5) is 0. The molecule has 1 aromatic heterocycles. The van der Waals surface area contributed by atoms with Gasteiger partial charge in [-0.2, -0.15) is 5.10 Å². The zero-order valence-corrected chi connectivity index (χ0v) is 10.5. The largest absolute Gasteiger partial charge is 0.384 e. The molecular formula is C11H11Cl2N3. The first kappa shape index (κ1) is 11.3. The maximum atomic E-state index is 6.12. The maximum Gasteiger partial charge on any atom is 0.124 e. The molecule has 0 atom stereocenters. The second kappa shape index (κ2) is 4.00. The molecule has 0 aliphatic rings. The number of aryl methyl sites for hydroxylation is 1. The summed E-state index contributed by atoms with van der Waals surface area (Å²) in [5.41, 5.74) is 8.41. The van der Waals surface area contributed by atoms with Crippen molar-refractivity contribution in [2.45, 2.75) is 6.92 Å². The van der Waals surface area contributed by atoms with E-state index in [0.29, 0.717) is 15.9 Å². The Balaban J connectivity index is 2.63. The van der Waals surface area contributed by atoms with Gasteiger partial charge >= 0.3 is 0 Å². The third kappa shape index (κ3) is 1.77. The monoisotopic (exact) mass is 255 g/mol. The van der Waals surface area contributed by atoms with Crippen molar-refractivity contribution in [2.75, 3.05) is 5.73 Å². The van der Waals surface area contributed by atoms with E-state index in [0.717, 1.165) is 16.8 Å². The summed E-state index contributed by atoms with van der Waals surface area (Å²) in [7, 11) is 1.80. The Morgan fingerprint density at radius 2 is 2.00 bits per heavy atom. The van der Waals surface area contributed by atoms with Crippen molar-refractivity contribution < 1.29 is 0 Å². The van der Waals surface area contributed by atoms with Crippen LogP contribution >= 0.6 is 23.2 Å². The number of nitrogens with zero attached hydrogens (tertiary/aromatic N) is 2. The fourth-order valence-corrected chi connectivity index (χ4v) is 2.08. The van der Waals surface area contributed by atoms with Crippen molar-refractivity contribution in [2.24, 2.45) is 7.05 Å². The van der Waals surface area contributed by atoms with Crippen LogP contribution in [0.2, 0.25) is 10.0 Å². The maximum absolute atomic E-state index is 6.12. The first-order valence-electron chi connectivity index (χ1n) is 4.75. The fraction of sp³-hybridized carbons (Fsp3) is 0.182. The van der Waals surface area contributed by atoms with E-state index in [-0.39, 0.29) is 0 Å². The minimum Gasteiger partial charge on any atom is -0.384 e. The van der Waals surface area contributed by atoms with E-state index in [1.165, 1.54) is 0 Å². The van der Waals surface area contributed by atoms with Crippen LogP contribution in [0.3, 0.4) is 0 Å². The minimum absolute atomic E-state index is 0.578. The molecule has 2 rings (SSSR count). The molecule has 16 heavy (non-hydrogen) atoms. The van der Waals surface area contributed by atoms with Gasteiger partial charge in [0.25, 0.3) is 0 Å². The Labute approximate surface area is 104 Å². The molecule has 0 spiro atoms. The van der Waals surface area contributed by atoms with Gasteiger partial charge in [-0.1, -0.05) is 23.2 Å². The number of nitrogens with two attached hydrogens (primary N) is 1. The Kier molecular flexibility index (Phi) is 2.82. The summed E-state index contributed by atoms with van der Waals surface area (Å²) in [5, 5.41) is 5.52. The molecule has 0 bridgehead atoms. The molecule has 0 fully saturated rings. The lowest BCUT2D eigenvalue weighted by atomic mass is 10.1. The molecule has 0 aliphatic carbocycles. The van der Waals surface area contributed by atoms with Gasteiger partial charge in [-0.25, -0.2) is 0 Å². The molecule has 0 saturated carbocycles. The van der Waals surface area contributed by atoms with E-state index in [4.69, 9.17) is 28.9 Å². The van der Waals surface area contributed by atoms with Gasteiger partial charge in [0, 0.05) is 23.2 Å². The molecule has 3 nitrogen and oxygen atoms in total. The SMILES string of the molecule is Cc1c(-c2ccc(Cl)cc2Cl)nn(C)c1N. The average Bonchev–Trinajstić information content (AvgIpc) is 2.46. The third-order valence-corrected chi connectivity index (χ3v) is 3.07. The molecular weight excluding hydrogens is 245 g/mol. The molecule has 2 aromatic rings. The van der Waals surface area contributed by atoms with Gasteiger partial charge in [-0.05, 0) is 25.1 Å². The normalized spacial score (nSPS) is 10.8. The van der Waals surface area contributed by atoms with Crippen LogP contribution in [0.5, 0.6) is 0 Å². The quantitative estimate of drug-likeness (QED) is 0.850. The van der Waals surface area contributed by atoms with E-state index < -0.39 is 0 Å². The highest BCUT2D eigenvalue weighted by molar-refractivity contribution is 6.36. The van der Waals surface area contributed by atoms with Gasteiger partial charge in [0.15, 0.2) is 0 Å². The molecule has 0 radical (unpaired) electrons. The summed E-state index contributed by atoms with van der Waals surface area (Å²) in [5.74, 6) is 0.640. The van der Waals surface area contributed by atoms with Gasteiger partial charge in [0.1, 0.15) is 5.82 Å². The van der Waals surface area contributed by atoms with Crippen LogP contribution in [-0.4, -0.2) is 9.78 Å². The van der Waals surface area contributed by atoms with Crippen molar-refractivity contribution >= 4 is 29.0 Å². The summed E-state index contributed by atoms with van der Waals surface area (Å²) in [6.45, 7) is 1.92. The molecule has 5 heteroatoms. The standard InChI is InChI=1S/C11H11Cl2N3/c1-6-10(15-16(2)11(6)14)8-4-3-7(12)5-9(8)13/h3-5H,14H2,1-2H3. The van der Waals surface area contributed by atoms with Crippen molar-refractivity contribution in [3.05, 3.63) is 33.8 Å². The van der Waals surface area contributed by atoms with Gasteiger partial charge in [-0.15, -0.1) is 0 Å². The first-order valence-corrected chi connectivity index (χ1v) is 5.51. The smallest absolute Gasteiger partial charge is 0.124 e. The summed E-state index contributed by atoms with van der Waals surface area (Å²) < 4.78 is 1.63. The number of hydrogen-bond acceptors (Lipinski definition) is 2. The lowest BCUT2D eigenvalue weighted by molar-refractivity contribution is 0.782. The topological polar surface area (TPSA) is 43.8 Å². The Bertz CT molecular complexity index is 546. The van der Waals surface area contributed by atoms with Crippen molar-refractivity contribution in [3.8, 4) is 11.3 Å². The lowest BCUT2D eigenvalue weighted by Gasteiger charge is -2.02. The van der Waals surface area contributed by atoms with Crippen molar-refractivity contribution in [1.82, 2.24) is 9.78 Å². The number of rotatable bonds is 1. The molecule has 0 saturated heterocycles. The van der Waals surface area contributed by atoms with Crippen LogP contribution in [0.1, 0.15) is 5.56 Å². The van der Waals surface area contributed by atoms with E-state index in [1.54, 1.807) is 23.9 Å². The average molecular weight is 256 g/mol. The Morgan fingerprint density at radius 3 is 2.50 bits per heavy atom. The predicted octanol–water partition coefficient (Wildman–Crippen LogP) is 3.28. The van der Waals surface area contributed by atoms with Gasteiger partial charge in [-0.3, -0.25) is 4.68 Å². The number of nitrogen functional groups attached to an aromatic ring is 1. The first-order chi connectivity index (χ1) is 7.50. The summed E-state index contributed by atoms with van der Waals surface area (Å²) in [6, 6.07) is 5.33. The number of hydrogen-bond donors (Lipinski definition) is 1. The summed E-state index contributed by atoms with van der Waals surface area (Å²) in [6.07, 6.45) is 0. The molecule has 84 valence electrons. The highest BCUT2D eigenvalue weighted by atomic mass is 35.5. The zero-order chi connectivity index (χ0) is 11.9. The number of aromatic nitrogens is 2. The Morgan fingerprint density at radius 1 is 1.31 bits per heavy atom. The number of benzene rings is 1. The highest BCUT2D eigenvalue weighted by Gasteiger charge is 2.14. The number of anilines is 1.